The molecule has 0 aliphatic heterocycles. The van der Waals surface area contributed by atoms with Gasteiger partial charge in [-0.25, -0.2) is 4.98 Å². The molecule has 3 N–H and O–H groups in total. The lowest BCUT2D eigenvalue weighted by Crippen LogP contribution is -2.09. The summed E-state index contributed by atoms with van der Waals surface area (Å²) in [5.74, 6) is 0.453. The normalized spacial score (nSPS) is 10.6. The van der Waals surface area contributed by atoms with E-state index in [1.807, 2.05) is 0 Å². The summed E-state index contributed by atoms with van der Waals surface area (Å²) in [4.78, 5) is 29.6. The molecule has 3 rings (SSSR count). The number of nitrogens with zero attached hydrogens (tertiary/aromatic N) is 2. The zero-order valence-corrected chi connectivity index (χ0v) is 10.3. The number of anilines is 1. The van der Waals surface area contributed by atoms with Crippen molar-refractivity contribution in [3.05, 3.63) is 57.7 Å². The summed E-state index contributed by atoms with van der Waals surface area (Å²) < 4.78 is 0. The van der Waals surface area contributed by atoms with Crippen molar-refractivity contribution < 1.29 is 0 Å². The van der Waals surface area contributed by atoms with Crippen LogP contribution in [0.5, 0.6) is 0 Å². The SMILES string of the molecule is Nc1ccc(-c2nc3ccc(N=O)cc3c(=O)[nH]2)cc1. The van der Waals surface area contributed by atoms with E-state index in [-0.39, 0.29) is 11.2 Å². The largest absolute Gasteiger partial charge is 0.399 e. The third-order valence-corrected chi connectivity index (χ3v) is 2.98. The lowest BCUT2D eigenvalue weighted by atomic mass is 10.1. The lowest BCUT2D eigenvalue weighted by Gasteiger charge is -2.03. The zero-order valence-electron chi connectivity index (χ0n) is 10.3. The van der Waals surface area contributed by atoms with Crippen molar-refractivity contribution in [2.24, 2.45) is 5.18 Å². The Kier molecular flexibility index (Phi) is 2.76. The third kappa shape index (κ3) is 2.03. The summed E-state index contributed by atoms with van der Waals surface area (Å²) in [5.41, 5.74) is 7.42. The van der Waals surface area contributed by atoms with Gasteiger partial charge >= 0.3 is 0 Å². The predicted octanol–water partition coefficient (Wildman–Crippen LogP) is 2.57. The molecule has 6 heteroatoms. The highest BCUT2D eigenvalue weighted by Crippen LogP contribution is 2.20. The van der Waals surface area contributed by atoms with Gasteiger partial charge in [-0.05, 0) is 47.6 Å². The number of aromatic nitrogens is 2. The van der Waals surface area contributed by atoms with Gasteiger partial charge in [0, 0.05) is 11.3 Å². The quantitative estimate of drug-likeness (QED) is 0.549. The van der Waals surface area contributed by atoms with E-state index < -0.39 is 0 Å². The van der Waals surface area contributed by atoms with Crippen molar-refractivity contribution in [3.8, 4) is 11.4 Å². The molecule has 6 nitrogen and oxygen atoms in total. The van der Waals surface area contributed by atoms with Gasteiger partial charge in [0.05, 0.1) is 10.9 Å². The first-order chi connectivity index (χ1) is 9.67. The van der Waals surface area contributed by atoms with Gasteiger partial charge in [-0.15, -0.1) is 4.91 Å². The molecule has 0 saturated carbocycles. The molecule has 0 saturated heterocycles. The summed E-state index contributed by atoms with van der Waals surface area (Å²) in [7, 11) is 0. The Balaban J connectivity index is 2.22. The monoisotopic (exact) mass is 266 g/mol. The number of rotatable bonds is 2. The number of H-pyrrole nitrogens is 1. The molecule has 3 aromatic rings. The number of aromatic amines is 1. The molecule has 0 atom stereocenters. The van der Waals surface area contributed by atoms with E-state index in [0.717, 1.165) is 5.56 Å². The second kappa shape index (κ2) is 4.58. The Morgan fingerprint density at radius 1 is 1.10 bits per heavy atom. The van der Waals surface area contributed by atoms with E-state index in [0.29, 0.717) is 22.4 Å². The van der Waals surface area contributed by atoms with Crippen molar-refractivity contribution in [2.75, 3.05) is 5.73 Å². The molecule has 0 radical (unpaired) electrons. The molecule has 0 aliphatic rings. The molecule has 20 heavy (non-hydrogen) atoms. The number of nitrogens with two attached hydrogens (primary N) is 1. The van der Waals surface area contributed by atoms with Crippen LogP contribution < -0.4 is 11.3 Å². The van der Waals surface area contributed by atoms with E-state index in [1.54, 1.807) is 30.3 Å². The van der Waals surface area contributed by atoms with Gasteiger partial charge in [-0.3, -0.25) is 4.79 Å². The average Bonchev–Trinajstić information content (AvgIpc) is 2.47. The molecule has 0 fully saturated rings. The van der Waals surface area contributed by atoms with Crippen LogP contribution in [0.25, 0.3) is 22.3 Å². The van der Waals surface area contributed by atoms with Gasteiger partial charge in [0.2, 0.25) is 0 Å². The fourth-order valence-electron chi connectivity index (χ4n) is 1.96. The van der Waals surface area contributed by atoms with Crippen molar-refractivity contribution in [2.45, 2.75) is 0 Å². The summed E-state index contributed by atoms with van der Waals surface area (Å²) in [5, 5.41) is 3.14. The van der Waals surface area contributed by atoms with Gasteiger partial charge in [-0.1, -0.05) is 0 Å². The van der Waals surface area contributed by atoms with Crippen LogP contribution in [0.1, 0.15) is 0 Å². The number of benzene rings is 2. The smallest absolute Gasteiger partial charge is 0.259 e. The molecule has 0 aliphatic carbocycles. The highest BCUT2D eigenvalue weighted by atomic mass is 16.3. The van der Waals surface area contributed by atoms with Gasteiger partial charge in [0.1, 0.15) is 11.5 Å². The zero-order chi connectivity index (χ0) is 14.1. The predicted molar refractivity (Wildman–Crippen MR) is 77.7 cm³/mol. The van der Waals surface area contributed by atoms with E-state index >= 15 is 0 Å². The van der Waals surface area contributed by atoms with Crippen molar-refractivity contribution in [1.82, 2.24) is 9.97 Å². The maximum absolute atomic E-state index is 12.0. The lowest BCUT2D eigenvalue weighted by molar-refractivity contribution is 1.18. The van der Waals surface area contributed by atoms with Crippen LogP contribution in [-0.2, 0) is 0 Å². The second-order valence-electron chi connectivity index (χ2n) is 4.33. The topological polar surface area (TPSA) is 101 Å². The first-order valence-electron chi connectivity index (χ1n) is 5.91. The van der Waals surface area contributed by atoms with Crippen LogP contribution in [0.4, 0.5) is 11.4 Å². The summed E-state index contributed by atoms with van der Waals surface area (Å²) in [6.07, 6.45) is 0. The molecule has 0 unspecified atom stereocenters. The van der Waals surface area contributed by atoms with E-state index in [9.17, 15) is 9.70 Å². The number of hydrogen-bond donors (Lipinski definition) is 2. The molecule has 1 heterocycles. The van der Waals surface area contributed by atoms with Crippen molar-refractivity contribution in [1.29, 1.82) is 0 Å². The second-order valence-corrected chi connectivity index (χ2v) is 4.33. The van der Waals surface area contributed by atoms with Crippen LogP contribution in [0.2, 0.25) is 0 Å². The Labute approximate surface area is 113 Å². The summed E-state index contributed by atoms with van der Waals surface area (Å²) in [6, 6.07) is 11.6. The van der Waals surface area contributed by atoms with E-state index in [1.165, 1.54) is 12.1 Å². The number of nitrogens with one attached hydrogen (secondary N) is 1. The van der Waals surface area contributed by atoms with Gasteiger partial charge in [-0.2, -0.15) is 0 Å². The van der Waals surface area contributed by atoms with Gasteiger partial charge in [0.25, 0.3) is 5.56 Å². The molecule has 98 valence electrons. The maximum Gasteiger partial charge on any atom is 0.259 e. The minimum Gasteiger partial charge on any atom is -0.399 e. The standard InChI is InChI=1S/C14H10N4O2/c15-9-3-1-8(2-4-9)13-16-12-6-5-10(18-20)7-11(12)14(19)17-13/h1-7H,15H2,(H,16,17,19). The summed E-state index contributed by atoms with van der Waals surface area (Å²) >= 11 is 0. The number of nitroso groups, excluding NO2 is 1. The van der Waals surface area contributed by atoms with Crippen molar-refractivity contribution >= 4 is 22.3 Å². The molecule has 2 aromatic carbocycles. The third-order valence-electron chi connectivity index (χ3n) is 2.98. The first-order valence-corrected chi connectivity index (χ1v) is 5.91. The molecule has 0 bridgehead atoms. The molecule has 0 spiro atoms. The van der Waals surface area contributed by atoms with Crippen LogP contribution >= 0.6 is 0 Å². The fourth-order valence-corrected chi connectivity index (χ4v) is 1.96. The van der Waals surface area contributed by atoms with E-state index in [4.69, 9.17) is 5.73 Å². The van der Waals surface area contributed by atoms with Crippen LogP contribution in [-0.4, -0.2) is 9.97 Å². The number of fused-ring (bicyclic) bond motifs is 1. The molecular weight excluding hydrogens is 256 g/mol. The number of hydrogen-bond acceptors (Lipinski definition) is 5. The Morgan fingerprint density at radius 3 is 2.55 bits per heavy atom. The van der Waals surface area contributed by atoms with Gasteiger partial charge < -0.3 is 10.7 Å². The summed E-state index contributed by atoms with van der Waals surface area (Å²) in [6.45, 7) is 0. The van der Waals surface area contributed by atoms with Crippen LogP contribution in [0, 0.1) is 4.91 Å². The molecular formula is C14H10N4O2. The van der Waals surface area contributed by atoms with E-state index in [2.05, 4.69) is 15.1 Å². The van der Waals surface area contributed by atoms with Gasteiger partial charge in [0.15, 0.2) is 0 Å². The highest BCUT2D eigenvalue weighted by molar-refractivity contribution is 5.82. The number of nitrogen functional groups attached to an aromatic ring is 1. The first kappa shape index (κ1) is 12.0. The Morgan fingerprint density at radius 2 is 1.85 bits per heavy atom. The Hall–Kier alpha value is -3.02. The molecule has 1 aromatic heterocycles. The van der Waals surface area contributed by atoms with Crippen LogP contribution in [0.15, 0.2) is 52.4 Å². The minimum absolute atomic E-state index is 0.199. The van der Waals surface area contributed by atoms with Crippen LogP contribution in [0.3, 0.4) is 0 Å². The van der Waals surface area contributed by atoms with Crippen molar-refractivity contribution in [3.63, 3.8) is 0 Å². The highest BCUT2D eigenvalue weighted by Gasteiger charge is 2.07. The maximum atomic E-state index is 12.0. The minimum atomic E-state index is -0.313. The average molecular weight is 266 g/mol. The molecule has 0 amide bonds. The Bertz CT molecular complexity index is 853. The fraction of sp³-hybridized carbons (Fsp3) is 0.